The summed E-state index contributed by atoms with van der Waals surface area (Å²) in [4.78, 5) is 25.9. The summed E-state index contributed by atoms with van der Waals surface area (Å²) in [7, 11) is 1.72. The van der Waals surface area contributed by atoms with Crippen molar-refractivity contribution in [2.24, 2.45) is 0 Å². The highest BCUT2D eigenvalue weighted by Gasteiger charge is 2.20. The Morgan fingerprint density at radius 1 is 1.45 bits per heavy atom. The molecule has 1 aromatic carbocycles. The van der Waals surface area contributed by atoms with Crippen molar-refractivity contribution >= 4 is 46.3 Å². The van der Waals surface area contributed by atoms with Crippen LogP contribution in [-0.2, 0) is 6.54 Å². The number of carbonyl (C=O) groups is 2. The standard InChI is InChI=1S/C15H14ClN3O2S/c1-8-7-22-13(12(8)16)14(20)17-10-3-4-11-9(5-10)6-19(2)15(21)18-11/h3-5,7H,6H2,1-2H3,(H,17,20)(H,18,21). The summed E-state index contributed by atoms with van der Waals surface area (Å²) < 4.78 is 0. The molecule has 0 fully saturated rings. The fourth-order valence-corrected chi connectivity index (χ4v) is 3.41. The van der Waals surface area contributed by atoms with E-state index in [1.165, 1.54) is 11.3 Å². The van der Waals surface area contributed by atoms with E-state index in [1.54, 1.807) is 24.1 Å². The average Bonchev–Trinajstić information content (AvgIpc) is 2.80. The molecule has 0 atom stereocenters. The Hall–Kier alpha value is -2.05. The van der Waals surface area contributed by atoms with Gasteiger partial charge in [0.15, 0.2) is 0 Å². The molecule has 0 saturated heterocycles. The lowest BCUT2D eigenvalue weighted by molar-refractivity contribution is 0.103. The molecule has 0 bridgehead atoms. The van der Waals surface area contributed by atoms with E-state index < -0.39 is 0 Å². The maximum atomic E-state index is 12.3. The topological polar surface area (TPSA) is 61.4 Å². The average molecular weight is 336 g/mol. The molecular weight excluding hydrogens is 322 g/mol. The molecule has 114 valence electrons. The first-order valence-electron chi connectivity index (χ1n) is 6.65. The minimum absolute atomic E-state index is 0.134. The number of rotatable bonds is 2. The van der Waals surface area contributed by atoms with Crippen LogP contribution in [0.5, 0.6) is 0 Å². The Kier molecular flexibility index (Phi) is 3.80. The predicted molar refractivity (Wildman–Crippen MR) is 88.9 cm³/mol. The van der Waals surface area contributed by atoms with E-state index in [0.29, 0.717) is 22.1 Å². The highest BCUT2D eigenvalue weighted by atomic mass is 35.5. The zero-order valence-electron chi connectivity index (χ0n) is 12.1. The fourth-order valence-electron chi connectivity index (χ4n) is 2.23. The van der Waals surface area contributed by atoms with Crippen molar-refractivity contribution in [3.8, 4) is 0 Å². The maximum Gasteiger partial charge on any atom is 0.321 e. The molecular formula is C15H14ClN3O2S. The van der Waals surface area contributed by atoms with Gasteiger partial charge >= 0.3 is 6.03 Å². The smallest absolute Gasteiger partial charge is 0.321 e. The highest BCUT2D eigenvalue weighted by molar-refractivity contribution is 7.13. The van der Waals surface area contributed by atoms with Gasteiger partial charge in [0.2, 0.25) is 0 Å². The summed E-state index contributed by atoms with van der Waals surface area (Å²) in [6.07, 6.45) is 0. The van der Waals surface area contributed by atoms with Gasteiger partial charge in [-0.05, 0) is 41.6 Å². The first-order valence-corrected chi connectivity index (χ1v) is 7.91. The van der Waals surface area contributed by atoms with Gasteiger partial charge in [0.25, 0.3) is 5.91 Å². The van der Waals surface area contributed by atoms with Gasteiger partial charge in [-0.25, -0.2) is 4.79 Å². The van der Waals surface area contributed by atoms with Crippen LogP contribution < -0.4 is 10.6 Å². The van der Waals surface area contributed by atoms with Gasteiger partial charge in [-0.2, -0.15) is 0 Å². The number of fused-ring (bicyclic) bond motifs is 1. The van der Waals surface area contributed by atoms with Crippen molar-refractivity contribution in [1.29, 1.82) is 0 Å². The number of urea groups is 1. The second kappa shape index (κ2) is 5.62. The molecule has 2 aromatic rings. The molecule has 2 heterocycles. The van der Waals surface area contributed by atoms with Crippen LogP contribution in [0, 0.1) is 6.92 Å². The molecule has 0 aliphatic carbocycles. The van der Waals surface area contributed by atoms with Crippen LogP contribution in [0.4, 0.5) is 16.2 Å². The fraction of sp³-hybridized carbons (Fsp3) is 0.200. The Morgan fingerprint density at radius 2 is 2.23 bits per heavy atom. The predicted octanol–water partition coefficient (Wildman–Crippen LogP) is 3.94. The molecule has 3 rings (SSSR count). The van der Waals surface area contributed by atoms with Gasteiger partial charge in [-0.15, -0.1) is 11.3 Å². The van der Waals surface area contributed by atoms with Crippen LogP contribution >= 0.6 is 22.9 Å². The van der Waals surface area contributed by atoms with Crippen LogP contribution in [-0.4, -0.2) is 23.9 Å². The van der Waals surface area contributed by atoms with Crippen molar-refractivity contribution in [3.05, 3.63) is 44.6 Å². The summed E-state index contributed by atoms with van der Waals surface area (Å²) in [5, 5.41) is 7.98. The lowest BCUT2D eigenvalue weighted by atomic mass is 10.1. The number of thiophene rings is 1. The second-order valence-electron chi connectivity index (χ2n) is 5.17. The summed E-state index contributed by atoms with van der Waals surface area (Å²) in [5.41, 5.74) is 3.29. The molecule has 0 saturated carbocycles. The molecule has 3 amide bonds. The Morgan fingerprint density at radius 3 is 2.91 bits per heavy atom. The number of aryl methyl sites for hydroxylation is 1. The molecule has 2 N–H and O–H groups in total. The van der Waals surface area contributed by atoms with Gasteiger partial charge in [0.1, 0.15) is 4.88 Å². The number of hydrogen-bond donors (Lipinski definition) is 2. The summed E-state index contributed by atoms with van der Waals surface area (Å²) >= 11 is 7.44. The molecule has 5 nitrogen and oxygen atoms in total. The van der Waals surface area contributed by atoms with Gasteiger partial charge < -0.3 is 15.5 Å². The van der Waals surface area contributed by atoms with E-state index >= 15 is 0 Å². The van der Waals surface area contributed by atoms with Crippen LogP contribution in [0.3, 0.4) is 0 Å². The van der Waals surface area contributed by atoms with Crippen molar-refractivity contribution in [2.45, 2.75) is 13.5 Å². The normalized spacial score (nSPS) is 13.6. The van der Waals surface area contributed by atoms with Gasteiger partial charge in [-0.3, -0.25) is 4.79 Å². The quantitative estimate of drug-likeness (QED) is 0.873. The zero-order chi connectivity index (χ0) is 15.9. The number of nitrogens with one attached hydrogen (secondary N) is 2. The van der Waals surface area contributed by atoms with E-state index in [4.69, 9.17) is 11.6 Å². The Bertz CT molecular complexity index is 772. The summed E-state index contributed by atoms with van der Waals surface area (Å²) in [6, 6.07) is 5.27. The monoisotopic (exact) mass is 335 g/mol. The lowest BCUT2D eigenvalue weighted by Crippen LogP contribution is -2.35. The van der Waals surface area contributed by atoms with E-state index in [0.717, 1.165) is 16.8 Å². The van der Waals surface area contributed by atoms with Crippen LogP contribution in [0.25, 0.3) is 0 Å². The van der Waals surface area contributed by atoms with Gasteiger partial charge in [-0.1, -0.05) is 11.6 Å². The Labute approximate surface area is 136 Å². The minimum Gasteiger partial charge on any atom is -0.323 e. The number of halogens is 1. The maximum absolute atomic E-state index is 12.3. The van der Waals surface area contributed by atoms with E-state index in [-0.39, 0.29) is 11.9 Å². The van der Waals surface area contributed by atoms with Crippen molar-refractivity contribution in [3.63, 3.8) is 0 Å². The molecule has 7 heteroatoms. The third-order valence-corrected chi connectivity index (χ3v) is 5.16. The zero-order valence-corrected chi connectivity index (χ0v) is 13.6. The largest absolute Gasteiger partial charge is 0.323 e. The molecule has 1 aliphatic heterocycles. The SMILES string of the molecule is Cc1csc(C(=O)Nc2ccc3c(c2)CN(C)C(=O)N3)c1Cl. The first-order chi connectivity index (χ1) is 10.5. The molecule has 0 unspecified atom stereocenters. The highest BCUT2D eigenvalue weighted by Crippen LogP contribution is 2.29. The number of anilines is 2. The number of nitrogens with zero attached hydrogens (tertiary/aromatic N) is 1. The van der Waals surface area contributed by atoms with Crippen molar-refractivity contribution in [2.75, 3.05) is 17.7 Å². The summed E-state index contributed by atoms with van der Waals surface area (Å²) in [6.45, 7) is 2.37. The van der Waals surface area contributed by atoms with E-state index in [1.807, 2.05) is 18.4 Å². The third-order valence-electron chi connectivity index (χ3n) is 3.46. The van der Waals surface area contributed by atoms with Crippen LogP contribution in [0.15, 0.2) is 23.6 Å². The van der Waals surface area contributed by atoms with Crippen molar-refractivity contribution < 1.29 is 9.59 Å². The Balaban J connectivity index is 1.82. The molecule has 0 radical (unpaired) electrons. The first kappa shape index (κ1) is 14.9. The molecule has 1 aliphatic rings. The molecule has 22 heavy (non-hydrogen) atoms. The molecule has 0 spiro atoms. The summed E-state index contributed by atoms with van der Waals surface area (Å²) in [5.74, 6) is -0.226. The van der Waals surface area contributed by atoms with E-state index in [9.17, 15) is 9.59 Å². The van der Waals surface area contributed by atoms with Crippen molar-refractivity contribution in [1.82, 2.24) is 4.90 Å². The molecule has 1 aromatic heterocycles. The number of hydrogen-bond acceptors (Lipinski definition) is 3. The second-order valence-corrected chi connectivity index (χ2v) is 6.43. The van der Waals surface area contributed by atoms with Gasteiger partial charge in [0, 0.05) is 25.0 Å². The minimum atomic E-state index is -0.226. The number of carbonyl (C=O) groups excluding carboxylic acids is 2. The van der Waals surface area contributed by atoms with Crippen LogP contribution in [0.1, 0.15) is 20.8 Å². The third kappa shape index (κ3) is 2.67. The van der Waals surface area contributed by atoms with Gasteiger partial charge in [0.05, 0.1) is 5.02 Å². The van der Waals surface area contributed by atoms with Crippen LogP contribution in [0.2, 0.25) is 5.02 Å². The number of benzene rings is 1. The van der Waals surface area contributed by atoms with E-state index in [2.05, 4.69) is 10.6 Å². The lowest BCUT2D eigenvalue weighted by Gasteiger charge is -2.26. The number of amides is 3.